The monoisotopic (exact) mass is 450 g/mol. The molecule has 5 rings (SSSR count). The van der Waals surface area contributed by atoms with Crippen LogP contribution in [0.1, 0.15) is 16.1 Å². The number of hydrogen-bond donors (Lipinski definition) is 2. The van der Waals surface area contributed by atoms with E-state index in [1.54, 1.807) is 30.0 Å². The molecular weight excluding hydrogens is 428 g/mol. The lowest BCUT2D eigenvalue weighted by Crippen LogP contribution is -2.23. The Balaban J connectivity index is 1.30. The number of fused-ring (bicyclic) bond motifs is 1. The summed E-state index contributed by atoms with van der Waals surface area (Å²) in [5.74, 6) is 1.11. The fourth-order valence-electron chi connectivity index (χ4n) is 3.56. The number of hydrogen-bond acceptors (Lipinski definition) is 6. The summed E-state index contributed by atoms with van der Waals surface area (Å²) in [5, 5.41) is 10.6. The Hall–Kier alpha value is -4.72. The van der Waals surface area contributed by atoms with Crippen LogP contribution in [0.25, 0.3) is 16.8 Å². The van der Waals surface area contributed by atoms with Gasteiger partial charge in [0.1, 0.15) is 5.75 Å². The molecule has 8 nitrogen and oxygen atoms in total. The minimum atomic E-state index is -0.160. The number of nitrogens with zero attached hydrogens (tertiary/aromatic N) is 4. The lowest BCUT2D eigenvalue weighted by molar-refractivity contribution is 0.0950. The highest BCUT2D eigenvalue weighted by atomic mass is 16.5. The Bertz CT molecular complexity index is 1410. The van der Waals surface area contributed by atoms with Gasteiger partial charge in [0, 0.05) is 29.2 Å². The fraction of sp³-hybridized carbons (Fsp3) is 0.0769. The molecule has 0 fully saturated rings. The first kappa shape index (κ1) is 21.1. The zero-order valence-electron chi connectivity index (χ0n) is 18.5. The smallest absolute Gasteiger partial charge is 0.251 e. The molecule has 0 aliphatic carbocycles. The van der Waals surface area contributed by atoms with Gasteiger partial charge >= 0.3 is 0 Å². The molecule has 0 radical (unpaired) electrons. The SMILES string of the molecule is COc1ccc(-c2cccn3nc(Nc4ccc(C(=O)NCc5ccccn5)cc4)nc23)cc1. The highest BCUT2D eigenvalue weighted by molar-refractivity contribution is 5.94. The van der Waals surface area contributed by atoms with Crippen LogP contribution in [0, 0.1) is 0 Å². The maximum atomic E-state index is 12.4. The Morgan fingerprint density at radius 2 is 1.79 bits per heavy atom. The van der Waals surface area contributed by atoms with E-state index in [0.29, 0.717) is 18.1 Å². The van der Waals surface area contributed by atoms with Crippen LogP contribution in [0.4, 0.5) is 11.6 Å². The van der Waals surface area contributed by atoms with Crippen molar-refractivity contribution in [2.75, 3.05) is 12.4 Å². The highest BCUT2D eigenvalue weighted by Crippen LogP contribution is 2.26. The van der Waals surface area contributed by atoms with Crippen LogP contribution in [0.5, 0.6) is 5.75 Å². The molecular formula is C26H22N6O2. The van der Waals surface area contributed by atoms with Crippen molar-refractivity contribution >= 4 is 23.2 Å². The number of aromatic nitrogens is 4. The van der Waals surface area contributed by atoms with E-state index in [0.717, 1.165) is 33.9 Å². The van der Waals surface area contributed by atoms with Gasteiger partial charge in [0.2, 0.25) is 5.95 Å². The number of anilines is 2. The maximum Gasteiger partial charge on any atom is 0.251 e. The number of methoxy groups -OCH3 is 1. The minimum absolute atomic E-state index is 0.160. The van der Waals surface area contributed by atoms with Gasteiger partial charge in [-0.2, -0.15) is 4.98 Å². The predicted octanol–water partition coefficient (Wildman–Crippen LogP) is 4.47. The van der Waals surface area contributed by atoms with Crippen molar-refractivity contribution in [1.82, 2.24) is 24.9 Å². The number of rotatable bonds is 7. The Morgan fingerprint density at radius 1 is 0.971 bits per heavy atom. The summed E-state index contributed by atoms with van der Waals surface area (Å²) in [5.41, 5.74) is 4.87. The molecule has 0 unspecified atom stereocenters. The first-order chi connectivity index (χ1) is 16.7. The van der Waals surface area contributed by atoms with Crippen LogP contribution in [0.3, 0.4) is 0 Å². The van der Waals surface area contributed by atoms with Crippen molar-refractivity contribution in [3.63, 3.8) is 0 Å². The lowest BCUT2D eigenvalue weighted by Gasteiger charge is -2.06. The van der Waals surface area contributed by atoms with E-state index in [1.165, 1.54) is 0 Å². The number of amides is 1. The molecule has 5 aromatic rings. The fourth-order valence-corrected chi connectivity index (χ4v) is 3.56. The molecule has 0 bridgehead atoms. The van der Waals surface area contributed by atoms with Crippen LogP contribution in [0.15, 0.2) is 91.3 Å². The number of carbonyl (C=O) groups is 1. The molecule has 8 heteroatoms. The molecule has 0 spiro atoms. The standard InChI is InChI=1S/C26H22N6O2/c1-34-22-13-9-18(10-14-22)23-6-4-16-32-24(23)30-26(31-32)29-20-11-7-19(8-12-20)25(33)28-17-21-5-2-3-15-27-21/h2-16H,17H2,1H3,(H,28,33)(H,29,31). The number of nitrogens with one attached hydrogen (secondary N) is 2. The predicted molar refractivity (Wildman–Crippen MR) is 130 cm³/mol. The Morgan fingerprint density at radius 3 is 2.53 bits per heavy atom. The third-order valence-electron chi connectivity index (χ3n) is 5.32. The summed E-state index contributed by atoms with van der Waals surface area (Å²) in [7, 11) is 1.65. The van der Waals surface area contributed by atoms with Gasteiger partial charge in [-0.15, -0.1) is 5.10 Å². The first-order valence-electron chi connectivity index (χ1n) is 10.7. The molecule has 2 aromatic carbocycles. The Kier molecular flexibility index (Phi) is 5.85. The summed E-state index contributed by atoms with van der Waals surface area (Å²) in [6.07, 6.45) is 3.56. The topological polar surface area (TPSA) is 93.4 Å². The normalized spacial score (nSPS) is 10.7. The van der Waals surface area contributed by atoms with Gasteiger partial charge in [-0.25, -0.2) is 4.52 Å². The van der Waals surface area contributed by atoms with Gasteiger partial charge in [-0.05, 0) is 66.2 Å². The largest absolute Gasteiger partial charge is 0.497 e. The third-order valence-corrected chi connectivity index (χ3v) is 5.32. The lowest BCUT2D eigenvalue weighted by atomic mass is 10.1. The van der Waals surface area contributed by atoms with Crippen molar-refractivity contribution in [3.8, 4) is 16.9 Å². The number of ether oxygens (including phenoxy) is 1. The third kappa shape index (κ3) is 4.56. The average molecular weight is 451 g/mol. The molecule has 34 heavy (non-hydrogen) atoms. The summed E-state index contributed by atoms with van der Waals surface area (Å²) in [6.45, 7) is 0.376. The number of pyridine rings is 2. The van der Waals surface area contributed by atoms with Crippen LogP contribution in [-0.4, -0.2) is 32.6 Å². The van der Waals surface area contributed by atoms with E-state index in [2.05, 4.69) is 25.7 Å². The van der Waals surface area contributed by atoms with Gasteiger partial charge in [-0.1, -0.05) is 18.2 Å². The number of benzene rings is 2. The molecule has 0 saturated heterocycles. The van der Waals surface area contributed by atoms with Gasteiger partial charge in [0.25, 0.3) is 5.91 Å². The van der Waals surface area contributed by atoms with E-state index in [1.807, 2.05) is 72.9 Å². The van der Waals surface area contributed by atoms with Crippen molar-refractivity contribution in [1.29, 1.82) is 0 Å². The van der Waals surface area contributed by atoms with Crippen LogP contribution >= 0.6 is 0 Å². The van der Waals surface area contributed by atoms with Crippen molar-refractivity contribution < 1.29 is 9.53 Å². The zero-order chi connectivity index (χ0) is 23.3. The maximum absolute atomic E-state index is 12.4. The quantitative estimate of drug-likeness (QED) is 0.380. The summed E-state index contributed by atoms with van der Waals surface area (Å²) < 4.78 is 6.99. The molecule has 168 valence electrons. The average Bonchev–Trinajstić information content (AvgIpc) is 3.31. The zero-order valence-corrected chi connectivity index (χ0v) is 18.5. The summed E-state index contributed by atoms with van der Waals surface area (Å²) >= 11 is 0. The van der Waals surface area contributed by atoms with Crippen LogP contribution in [-0.2, 0) is 6.54 Å². The van der Waals surface area contributed by atoms with Gasteiger partial charge in [0.05, 0.1) is 19.3 Å². The molecule has 0 aliphatic rings. The van der Waals surface area contributed by atoms with E-state index >= 15 is 0 Å². The molecule has 1 amide bonds. The van der Waals surface area contributed by atoms with Crippen molar-refractivity contribution in [2.45, 2.75) is 6.54 Å². The van der Waals surface area contributed by atoms with Gasteiger partial charge in [0.15, 0.2) is 5.65 Å². The molecule has 0 atom stereocenters. The van der Waals surface area contributed by atoms with Crippen LogP contribution < -0.4 is 15.4 Å². The molecule has 3 heterocycles. The summed E-state index contributed by atoms with van der Waals surface area (Å²) in [4.78, 5) is 21.3. The van der Waals surface area contributed by atoms with Crippen molar-refractivity contribution in [2.24, 2.45) is 0 Å². The number of carbonyl (C=O) groups excluding carboxylic acids is 1. The summed E-state index contributed by atoms with van der Waals surface area (Å²) in [6, 6.07) is 24.5. The second-order valence-electron chi connectivity index (χ2n) is 7.56. The molecule has 3 aromatic heterocycles. The second kappa shape index (κ2) is 9.41. The second-order valence-corrected chi connectivity index (χ2v) is 7.56. The molecule has 0 saturated carbocycles. The molecule has 2 N–H and O–H groups in total. The van der Waals surface area contributed by atoms with Crippen molar-refractivity contribution in [3.05, 3.63) is 103 Å². The Labute approximate surface area is 196 Å². The van der Waals surface area contributed by atoms with Crippen LogP contribution in [0.2, 0.25) is 0 Å². The minimum Gasteiger partial charge on any atom is -0.497 e. The van der Waals surface area contributed by atoms with Gasteiger partial charge in [-0.3, -0.25) is 9.78 Å². The highest BCUT2D eigenvalue weighted by Gasteiger charge is 2.11. The molecule has 0 aliphatic heterocycles. The van der Waals surface area contributed by atoms with Gasteiger partial charge < -0.3 is 15.4 Å². The van der Waals surface area contributed by atoms with E-state index in [4.69, 9.17) is 4.74 Å². The van der Waals surface area contributed by atoms with E-state index in [-0.39, 0.29) is 5.91 Å². The van der Waals surface area contributed by atoms with E-state index in [9.17, 15) is 4.79 Å². The first-order valence-corrected chi connectivity index (χ1v) is 10.7. The van der Waals surface area contributed by atoms with E-state index < -0.39 is 0 Å².